The second-order valence-corrected chi connectivity index (χ2v) is 7.12. The Hall–Kier alpha value is -2.21. The highest BCUT2D eigenvalue weighted by Gasteiger charge is 2.11. The van der Waals surface area contributed by atoms with Crippen LogP contribution in [-0.2, 0) is 4.79 Å². The summed E-state index contributed by atoms with van der Waals surface area (Å²) in [5, 5.41) is 16.8. The van der Waals surface area contributed by atoms with E-state index in [0.717, 1.165) is 10.6 Å². The molecule has 0 spiro atoms. The van der Waals surface area contributed by atoms with E-state index in [9.17, 15) is 10.1 Å². The first-order valence-corrected chi connectivity index (χ1v) is 9.28. The third kappa shape index (κ3) is 3.96. The topological polar surface area (TPSA) is 78.7 Å². The second kappa shape index (κ2) is 7.37. The van der Waals surface area contributed by atoms with E-state index in [1.165, 1.54) is 23.1 Å². The smallest absolute Gasteiger partial charge is 0.236 e. The van der Waals surface area contributed by atoms with Gasteiger partial charge in [0.05, 0.1) is 21.9 Å². The van der Waals surface area contributed by atoms with Gasteiger partial charge in [-0.05, 0) is 23.6 Å². The van der Waals surface area contributed by atoms with E-state index in [-0.39, 0.29) is 11.7 Å². The molecule has 114 valence electrons. The number of nitrogens with one attached hydrogen (secondary N) is 1. The predicted molar refractivity (Wildman–Crippen MR) is 93.7 cm³/mol. The van der Waals surface area contributed by atoms with Gasteiger partial charge in [0, 0.05) is 11.6 Å². The number of thiophene rings is 1. The molecule has 0 aliphatic rings. The van der Waals surface area contributed by atoms with Crippen molar-refractivity contribution in [3.05, 3.63) is 46.8 Å². The molecule has 8 heteroatoms. The quantitative estimate of drug-likeness (QED) is 0.701. The standard InChI is InChI=1S/C15H10N4OS3/c16-8-10-3-4-11(12-2-1-6-21-12)18-14(10)23-9-13(20)19-15-17-5-7-22-15/h1-7H,9H2,(H,17,19,20). The average molecular weight is 358 g/mol. The van der Waals surface area contributed by atoms with Crippen LogP contribution in [0.25, 0.3) is 10.6 Å². The maximum Gasteiger partial charge on any atom is 0.236 e. The van der Waals surface area contributed by atoms with Crippen LogP contribution in [-0.4, -0.2) is 21.6 Å². The van der Waals surface area contributed by atoms with Gasteiger partial charge in [-0.1, -0.05) is 17.8 Å². The highest BCUT2D eigenvalue weighted by atomic mass is 32.2. The van der Waals surface area contributed by atoms with Crippen molar-refractivity contribution in [3.8, 4) is 16.6 Å². The Morgan fingerprint density at radius 1 is 1.30 bits per heavy atom. The van der Waals surface area contributed by atoms with Crippen LogP contribution in [0.2, 0.25) is 0 Å². The van der Waals surface area contributed by atoms with Gasteiger partial charge in [0.1, 0.15) is 11.1 Å². The Labute approximate surface area is 145 Å². The van der Waals surface area contributed by atoms with Crippen LogP contribution in [0.3, 0.4) is 0 Å². The summed E-state index contributed by atoms with van der Waals surface area (Å²) in [4.78, 5) is 21.5. The molecule has 0 aliphatic heterocycles. The van der Waals surface area contributed by atoms with Crippen molar-refractivity contribution < 1.29 is 4.79 Å². The van der Waals surface area contributed by atoms with Crippen molar-refractivity contribution in [2.45, 2.75) is 5.03 Å². The minimum atomic E-state index is -0.169. The lowest BCUT2D eigenvalue weighted by Crippen LogP contribution is -2.14. The summed E-state index contributed by atoms with van der Waals surface area (Å²) in [6, 6.07) is 9.61. The van der Waals surface area contributed by atoms with Crippen LogP contribution in [0, 0.1) is 11.3 Å². The summed E-state index contributed by atoms with van der Waals surface area (Å²) in [5.41, 5.74) is 1.28. The fourth-order valence-corrected chi connectivity index (χ4v) is 3.78. The Morgan fingerprint density at radius 2 is 2.22 bits per heavy atom. The van der Waals surface area contributed by atoms with Crippen molar-refractivity contribution in [2.24, 2.45) is 0 Å². The molecule has 0 aliphatic carbocycles. The molecule has 3 aromatic rings. The monoisotopic (exact) mass is 358 g/mol. The number of anilines is 1. The largest absolute Gasteiger partial charge is 0.301 e. The summed E-state index contributed by atoms with van der Waals surface area (Å²) in [5.74, 6) is 0.00646. The van der Waals surface area contributed by atoms with Crippen LogP contribution in [0.15, 0.2) is 46.2 Å². The summed E-state index contributed by atoms with van der Waals surface area (Å²) in [6.07, 6.45) is 1.63. The van der Waals surface area contributed by atoms with E-state index in [0.29, 0.717) is 15.7 Å². The Morgan fingerprint density at radius 3 is 2.91 bits per heavy atom. The van der Waals surface area contributed by atoms with E-state index in [1.54, 1.807) is 29.0 Å². The number of carbonyl (C=O) groups excluding carboxylic acids is 1. The normalized spacial score (nSPS) is 10.2. The number of nitrogens with zero attached hydrogens (tertiary/aromatic N) is 3. The van der Waals surface area contributed by atoms with Gasteiger partial charge in [0.2, 0.25) is 5.91 Å². The number of aromatic nitrogens is 2. The molecule has 5 nitrogen and oxygen atoms in total. The maximum absolute atomic E-state index is 11.9. The number of thioether (sulfide) groups is 1. The molecule has 0 bridgehead atoms. The third-order valence-electron chi connectivity index (χ3n) is 2.77. The number of hydrogen-bond donors (Lipinski definition) is 1. The van der Waals surface area contributed by atoms with Crippen molar-refractivity contribution in [2.75, 3.05) is 11.1 Å². The van der Waals surface area contributed by atoms with Crippen LogP contribution in [0.1, 0.15) is 5.56 Å². The zero-order chi connectivity index (χ0) is 16.1. The van der Waals surface area contributed by atoms with E-state index in [1.807, 2.05) is 23.6 Å². The minimum Gasteiger partial charge on any atom is -0.301 e. The number of nitriles is 1. The van der Waals surface area contributed by atoms with E-state index in [2.05, 4.69) is 21.4 Å². The first kappa shape index (κ1) is 15.7. The van der Waals surface area contributed by atoms with Crippen molar-refractivity contribution in [3.63, 3.8) is 0 Å². The number of pyridine rings is 1. The zero-order valence-electron chi connectivity index (χ0n) is 11.7. The minimum absolute atomic E-state index is 0.169. The molecule has 0 saturated carbocycles. The molecule has 1 amide bonds. The zero-order valence-corrected chi connectivity index (χ0v) is 14.2. The lowest BCUT2D eigenvalue weighted by atomic mass is 10.2. The fourth-order valence-electron chi connectivity index (χ4n) is 1.77. The first-order chi connectivity index (χ1) is 11.3. The molecule has 0 fully saturated rings. The van der Waals surface area contributed by atoms with Crippen LogP contribution < -0.4 is 5.32 Å². The fraction of sp³-hybridized carbons (Fsp3) is 0.0667. The van der Waals surface area contributed by atoms with E-state index in [4.69, 9.17) is 0 Å². The summed E-state index contributed by atoms with van der Waals surface area (Å²) < 4.78 is 0. The van der Waals surface area contributed by atoms with Gasteiger partial charge >= 0.3 is 0 Å². The van der Waals surface area contributed by atoms with E-state index < -0.39 is 0 Å². The molecular weight excluding hydrogens is 348 g/mol. The summed E-state index contributed by atoms with van der Waals surface area (Å²) >= 11 is 4.20. The van der Waals surface area contributed by atoms with Gasteiger partial charge in [0.15, 0.2) is 5.13 Å². The van der Waals surface area contributed by atoms with Crippen molar-refractivity contribution in [1.82, 2.24) is 9.97 Å². The van der Waals surface area contributed by atoms with Crippen LogP contribution in [0.4, 0.5) is 5.13 Å². The molecule has 1 N–H and O–H groups in total. The highest BCUT2D eigenvalue weighted by molar-refractivity contribution is 8.00. The van der Waals surface area contributed by atoms with Crippen molar-refractivity contribution >= 4 is 45.5 Å². The van der Waals surface area contributed by atoms with Gasteiger partial charge in [-0.2, -0.15) is 5.26 Å². The first-order valence-electron chi connectivity index (χ1n) is 6.53. The SMILES string of the molecule is N#Cc1ccc(-c2cccs2)nc1SCC(=O)Nc1nccs1. The number of rotatable bonds is 5. The van der Waals surface area contributed by atoms with Gasteiger partial charge in [0.25, 0.3) is 0 Å². The lowest BCUT2D eigenvalue weighted by Gasteiger charge is -2.05. The Bertz CT molecular complexity index is 838. The van der Waals surface area contributed by atoms with Gasteiger partial charge in [-0.25, -0.2) is 9.97 Å². The molecule has 0 saturated heterocycles. The third-order valence-corrected chi connectivity index (χ3v) is 5.35. The molecule has 3 heterocycles. The van der Waals surface area contributed by atoms with E-state index >= 15 is 0 Å². The molecule has 0 atom stereocenters. The molecule has 3 rings (SSSR count). The lowest BCUT2D eigenvalue weighted by molar-refractivity contribution is -0.113. The number of thiazole rings is 1. The maximum atomic E-state index is 11.9. The average Bonchev–Trinajstić information content (AvgIpc) is 3.26. The number of amides is 1. The second-order valence-electron chi connectivity index (χ2n) is 4.31. The predicted octanol–water partition coefficient (Wildman–Crippen LogP) is 3.87. The van der Waals surface area contributed by atoms with Crippen LogP contribution in [0.5, 0.6) is 0 Å². The van der Waals surface area contributed by atoms with Gasteiger partial charge < -0.3 is 5.32 Å². The van der Waals surface area contributed by atoms with Gasteiger partial charge in [-0.3, -0.25) is 4.79 Å². The summed E-state index contributed by atoms with van der Waals surface area (Å²) in [7, 11) is 0. The Balaban J connectivity index is 1.72. The highest BCUT2D eigenvalue weighted by Crippen LogP contribution is 2.28. The molecule has 0 radical (unpaired) electrons. The van der Waals surface area contributed by atoms with Crippen LogP contribution >= 0.6 is 34.4 Å². The Kier molecular flexibility index (Phi) is 5.02. The number of carbonyl (C=O) groups is 1. The summed E-state index contributed by atoms with van der Waals surface area (Å²) in [6.45, 7) is 0. The molecule has 0 unspecified atom stereocenters. The molecule has 0 aromatic carbocycles. The molecular formula is C15H10N4OS3. The van der Waals surface area contributed by atoms with Gasteiger partial charge in [-0.15, -0.1) is 22.7 Å². The molecule has 23 heavy (non-hydrogen) atoms. The number of hydrogen-bond acceptors (Lipinski definition) is 7. The van der Waals surface area contributed by atoms with Crippen molar-refractivity contribution in [1.29, 1.82) is 5.26 Å². The molecule has 3 aromatic heterocycles.